The summed E-state index contributed by atoms with van der Waals surface area (Å²) in [6.07, 6.45) is -0.127. The highest BCUT2D eigenvalue weighted by Gasteiger charge is 2.37. The van der Waals surface area contributed by atoms with Gasteiger partial charge in [-0.3, -0.25) is 19.4 Å². The van der Waals surface area contributed by atoms with E-state index in [0.717, 1.165) is 19.6 Å². The number of benzene rings is 1. The largest absolute Gasteiger partial charge is 0.399 e. The summed E-state index contributed by atoms with van der Waals surface area (Å²) in [5, 5.41) is 0. The number of nitrogens with two attached hydrogens (primary N) is 1. The van der Waals surface area contributed by atoms with Crippen molar-refractivity contribution in [2.45, 2.75) is 13.0 Å². The maximum atomic E-state index is 12.4. The van der Waals surface area contributed by atoms with Crippen LogP contribution in [0.15, 0.2) is 18.2 Å². The Morgan fingerprint density at radius 2 is 2.05 bits per heavy atom. The lowest BCUT2D eigenvalue weighted by molar-refractivity contribution is -0.0359. The third-order valence-electron chi connectivity index (χ3n) is 4.05. The standard InChI is InChI=1S/C15H19N3O3/c1-2-17-5-6-21-11(8-17)9-18-14(19)12-4-3-10(16)7-13(12)15(18)20/h3-4,7,11H,2,5-6,8-9,16H2,1H3. The molecule has 1 aromatic carbocycles. The second-order valence-corrected chi connectivity index (χ2v) is 5.41. The summed E-state index contributed by atoms with van der Waals surface area (Å²) in [6.45, 7) is 5.60. The van der Waals surface area contributed by atoms with Gasteiger partial charge in [-0.2, -0.15) is 0 Å². The number of likely N-dealkylation sites (N-methyl/N-ethyl adjacent to an activating group) is 1. The SMILES string of the molecule is CCN1CCOC(CN2C(=O)c3ccc(N)cc3C2=O)C1. The van der Waals surface area contributed by atoms with Crippen LogP contribution in [0, 0.1) is 0 Å². The van der Waals surface area contributed by atoms with Gasteiger partial charge in [-0.1, -0.05) is 6.92 Å². The van der Waals surface area contributed by atoms with Crippen LogP contribution in [0.3, 0.4) is 0 Å². The van der Waals surface area contributed by atoms with Crippen molar-refractivity contribution in [1.29, 1.82) is 0 Å². The molecule has 6 heteroatoms. The molecule has 1 atom stereocenters. The van der Waals surface area contributed by atoms with Crippen molar-refractivity contribution in [3.8, 4) is 0 Å². The number of carbonyl (C=O) groups is 2. The fourth-order valence-corrected chi connectivity index (χ4v) is 2.86. The zero-order chi connectivity index (χ0) is 15.0. The van der Waals surface area contributed by atoms with E-state index in [2.05, 4.69) is 11.8 Å². The molecule has 3 rings (SSSR count). The van der Waals surface area contributed by atoms with Gasteiger partial charge in [-0.15, -0.1) is 0 Å². The predicted octanol–water partition coefficient (Wildman–Crippen LogP) is 0.586. The minimum Gasteiger partial charge on any atom is -0.399 e. The second kappa shape index (κ2) is 5.46. The molecule has 2 heterocycles. The molecule has 112 valence electrons. The zero-order valence-corrected chi connectivity index (χ0v) is 12.0. The first-order valence-corrected chi connectivity index (χ1v) is 7.20. The number of ether oxygens (including phenoxy) is 1. The molecule has 0 aromatic heterocycles. The quantitative estimate of drug-likeness (QED) is 0.651. The van der Waals surface area contributed by atoms with Crippen molar-refractivity contribution in [3.63, 3.8) is 0 Å². The van der Waals surface area contributed by atoms with Crippen molar-refractivity contribution < 1.29 is 14.3 Å². The average Bonchev–Trinajstić information content (AvgIpc) is 2.72. The molecule has 1 unspecified atom stereocenters. The lowest BCUT2D eigenvalue weighted by atomic mass is 10.1. The van der Waals surface area contributed by atoms with Crippen molar-refractivity contribution in [1.82, 2.24) is 9.80 Å². The first-order chi connectivity index (χ1) is 10.1. The fourth-order valence-electron chi connectivity index (χ4n) is 2.86. The molecular weight excluding hydrogens is 270 g/mol. The Hall–Kier alpha value is -1.92. The van der Waals surface area contributed by atoms with Crippen LogP contribution in [-0.2, 0) is 4.74 Å². The number of carbonyl (C=O) groups excluding carboxylic acids is 2. The monoisotopic (exact) mass is 289 g/mol. The maximum Gasteiger partial charge on any atom is 0.261 e. The summed E-state index contributed by atoms with van der Waals surface area (Å²) in [4.78, 5) is 28.2. The van der Waals surface area contributed by atoms with Gasteiger partial charge in [0.25, 0.3) is 11.8 Å². The molecule has 0 spiro atoms. The number of amides is 2. The number of hydrogen-bond donors (Lipinski definition) is 1. The molecule has 2 N–H and O–H groups in total. The Labute approximate surface area is 123 Å². The minimum absolute atomic E-state index is 0.127. The highest BCUT2D eigenvalue weighted by Crippen LogP contribution is 2.25. The number of nitrogens with zero attached hydrogens (tertiary/aromatic N) is 2. The van der Waals surface area contributed by atoms with Gasteiger partial charge >= 0.3 is 0 Å². The van der Waals surface area contributed by atoms with Gasteiger partial charge in [0.15, 0.2) is 0 Å². The van der Waals surface area contributed by atoms with E-state index in [1.807, 2.05) is 0 Å². The molecule has 2 amide bonds. The van der Waals surface area contributed by atoms with Gasteiger partial charge in [0.1, 0.15) is 0 Å². The Morgan fingerprint density at radius 1 is 1.29 bits per heavy atom. The third kappa shape index (κ3) is 2.52. The van der Waals surface area contributed by atoms with Crippen LogP contribution in [0.25, 0.3) is 0 Å². The molecule has 21 heavy (non-hydrogen) atoms. The highest BCUT2D eigenvalue weighted by atomic mass is 16.5. The molecule has 0 bridgehead atoms. The van der Waals surface area contributed by atoms with Crippen molar-refractivity contribution in [2.24, 2.45) is 0 Å². The summed E-state index contributed by atoms with van der Waals surface area (Å²) >= 11 is 0. The Morgan fingerprint density at radius 3 is 2.81 bits per heavy atom. The number of anilines is 1. The van der Waals surface area contributed by atoms with E-state index in [1.165, 1.54) is 4.90 Å². The zero-order valence-electron chi connectivity index (χ0n) is 12.0. The van der Waals surface area contributed by atoms with E-state index >= 15 is 0 Å². The highest BCUT2D eigenvalue weighted by molar-refractivity contribution is 6.21. The molecule has 0 saturated carbocycles. The maximum absolute atomic E-state index is 12.4. The molecule has 2 aliphatic heterocycles. The number of imide groups is 1. The minimum atomic E-state index is -0.278. The van der Waals surface area contributed by atoms with E-state index in [9.17, 15) is 9.59 Å². The van der Waals surface area contributed by atoms with Crippen LogP contribution < -0.4 is 5.73 Å². The van der Waals surface area contributed by atoms with E-state index in [1.54, 1.807) is 18.2 Å². The van der Waals surface area contributed by atoms with Gasteiger partial charge in [0, 0.05) is 18.8 Å². The van der Waals surface area contributed by atoms with Crippen molar-refractivity contribution in [3.05, 3.63) is 29.3 Å². The van der Waals surface area contributed by atoms with Gasteiger partial charge in [0.05, 0.1) is 30.4 Å². The molecule has 1 aromatic rings. The second-order valence-electron chi connectivity index (χ2n) is 5.41. The molecule has 0 aliphatic carbocycles. The Balaban J connectivity index is 1.76. The summed E-state index contributed by atoms with van der Waals surface area (Å²) in [7, 11) is 0. The summed E-state index contributed by atoms with van der Waals surface area (Å²) < 4.78 is 5.68. The molecule has 0 radical (unpaired) electrons. The van der Waals surface area contributed by atoms with Gasteiger partial charge in [-0.25, -0.2) is 0 Å². The number of morpholine rings is 1. The van der Waals surface area contributed by atoms with Crippen molar-refractivity contribution in [2.75, 3.05) is 38.5 Å². The lowest BCUT2D eigenvalue weighted by Gasteiger charge is -2.33. The van der Waals surface area contributed by atoms with Crippen molar-refractivity contribution >= 4 is 17.5 Å². The van der Waals surface area contributed by atoms with E-state index in [4.69, 9.17) is 10.5 Å². The number of fused-ring (bicyclic) bond motifs is 1. The summed E-state index contributed by atoms with van der Waals surface area (Å²) in [5.74, 6) is -0.535. The van der Waals surface area contributed by atoms with Crippen LogP contribution in [0.4, 0.5) is 5.69 Å². The Kier molecular flexibility index (Phi) is 3.65. The fraction of sp³-hybridized carbons (Fsp3) is 0.467. The molecule has 2 aliphatic rings. The lowest BCUT2D eigenvalue weighted by Crippen LogP contribution is -2.48. The van der Waals surface area contributed by atoms with Crippen LogP contribution in [0.5, 0.6) is 0 Å². The van der Waals surface area contributed by atoms with E-state index in [-0.39, 0.29) is 17.9 Å². The molecule has 6 nitrogen and oxygen atoms in total. The van der Waals surface area contributed by atoms with E-state index in [0.29, 0.717) is 30.0 Å². The van der Waals surface area contributed by atoms with E-state index < -0.39 is 0 Å². The first kappa shape index (κ1) is 14.0. The molecule has 1 saturated heterocycles. The summed E-state index contributed by atoms with van der Waals surface area (Å²) in [6, 6.07) is 4.82. The first-order valence-electron chi connectivity index (χ1n) is 7.20. The summed E-state index contributed by atoms with van der Waals surface area (Å²) in [5.41, 5.74) is 7.00. The van der Waals surface area contributed by atoms with Crippen LogP contribution in [-0.4, -0.2) is 60.5 Å². The van der Waals surface area contributed by atoms with Gasteiger partial charge < -0.3 is 10.5 Å². The molecule has 1 fully saturated rings. The van der Waals surface area contributed by atoms with Crippen LogP contribution >= 0.6 is 0 Å². The number of nitrogen functional groups attached to an aromatic ring is 1. The topological polar surface area (TPSA) is 75.9 Å². The van der Waals surface area contributed by atoms with Gasteiger partial charge in [-0.05, 0) is 24.7 Å². The van der Waals surface area contributed by atoms with Gasteiger partial charge in [0.2, 0.25) is 0 Å². The number of rotatable bonds is 3. The number of hydrogen-bond acceptors (Lipinski definition) is 5. The smallest absolute Gasteiger partial charge is 0.261 e. The molecular formula is C15H19N3O3. The predicted molar refractivity (Wildman–Crippen MR) is 78.1 cm³/mol. The van der Waals surface area contributed by atoms with Crippen LogP contribution in [0.1, 0.15) is 27.6 Å². The van der Waals surface area contributed by atoms with Crippen LogP contribution in [0.2, 0.25) is 0 Å². The Bertz CT molecular complexity index is 588. The normalized spacial score (nSPS) is 22.7. The average molecular weight is 289 g/mol. The third-order valence-corrected chi connectivity index (χ3v) is 4.05.